The molecule has 2 aromatic carbocycles. The summed E-state index contributed by atoms with van der Waals surface area (Å²) in [7, 11) is 1.38. The van der Waals surface area contributed by atoms with Crippen LogP contribution >= 0.6 is 0 Å². The number of amides is 1. The third-order valence-electron chi connectivity index (χ3n) is 5.01. The van der Waals surface area contributed by atoms with E-state index in [0.29, 0.717) is 31.7 Å². The van der Waals surface area contributed by atoms with Gasteiger partial charge in [0.1, 0.15) is 5.82 Å². The van der Waals surface area contributed by atoms with Gasteiger partial charge in [0, 0.05) is 37.8 Å². The summed E-state index contributed by atoms with van der Waals surface area (Å²) >= 11 is 0. The van der Waals surface area contributed by atoms with E-state index in [1.54, 1.807) is 23.1 Å². The molecule has 0 atom stereocenters. The van der Waals surface area contributed by atoms with E-state index in [1.165, 1.54) is 31.4 Å². The van der Waals surface area contributed by atoms with Gasteiger partial charge in [-0.25, -0.2) is 8.78 Å². The summed E-state index contributed by atoms with van der Waals surface area (Å²) in [4.78, 5) is 16.4. The lowest BCUT2D eigenvalue weighted by molar-refractivity contribution is 0.0746. The number of halogens is 2. The van der Waals surface area contributed by atoms with Gasteiger partial charge in [-0.3, -0.25) is 9.89 Å². The van der Waals surface area contributed by atoms with Crippen molar-refractivity contribution in [2.24, 2.45) is 0 Å². The number of carbonyl (C=O) groups excluding carboxylic acids is 1. The summed E-state index contributed by atoms with van der Waals surface area (Å²) in [6.07, 6.45) is 0. The molecule has 29 heavy (non-hydrogen) atoms. The van der Waals surface area contributed by atoms with E-state index in [9.17, 15) is 13.6 Å². The van der Waals surface area contributed by atoms with Crippen molar-refractivity contribution >= 4 is 11.7 Å². The minimum absolute atomic E-state index is 0.113. The number of nitrogens with zero attached hydrogens (tertiary/aromatic N) is 3. The Labute approximate surface area is 166 Å². The molecule has 4 rings (SSSR count). The summed E-state index contributed by atoms with van der Waals surface area (Å²) in [6.45, 7) is 2.23. The van der Waals surface area contributed by atoms with Crippen molar-refractivity contribution in [3.05, 3.63) is 65.7 Å². The molecule has 150 valence electrons. The quantitative estimate of drug-likeness (QED) is 0.732. The highest BCUT2D eigenvalue weighted by molar-refractivity contribution is 5.94. The first-order valence-electron chi connectivity index (χ1n) is 9.24. The van der Waals surface area contributed by atoms with Gasteiger partial charge in [0.25, 0.3) is 5.91 Å². The maximum atomic E-state index is 13.9. The number of methoxy groups -OCH3 is 1. The topological polar surface area (TPSA) is 61.5 Å². The van der Waals surface area contributed by atoms with E-state index in [2.05, 4.69) is 15.1 Å². The summed E-state index contributed by atoms with van der Waals surface area (Å²) in [5.74, 6) is -0.165. The van der Waals surface area contributed by atoms with E-state index >= 15 is 0 Å². The summed E-state index contributed by atoms with van der Waals surface area (Å²) < 4.78 is 31.9. The third-order valence-corrected chi connectivity index (χ3v) is 5.01. The lowest BCUT2D eigenvalue weighted by atomic mass is 10.1. The van der Waals surface area contributed by atoms with Crippen molar-refractivity contribution in [2.75, 3.05) is 38.2 Å². The van der Waals surface area contributed by atoms with Crippen LogP contribution in [0.5, 0.6) is 5.75 Å². The maximum Gasteiger partial charge on any atom is 0.254 e. The average Bonchev–Trinajstić information content (AvgIpc) is 3.24. The Morgan fingerprint density at radius 3 is 2.41 bits per heavy atom. The molecule has 0 spiro atoms. The number of piperazine rings is 1. The highest BCUT2D eigenvalue weighted by Gasteiger charge is 2.24. The number of aromatic nitrogens is 2. The minimum atomic E-state index is -0.554. The first-order chi connectivity index (χ1) is 14.0. The van der Waals surface area contributed by atoms with E-state index in [4.69, 9.17) is 4.74 Å². The van der Waals surface area contributed by atoms with Gasteiger partial charge in [-0.05, 0) is 48.0 Å². The molecule has 1 aliphatic rings. The van der Waals surface area contributed by atoms with Crippen LogP contribution in [0.25, 0.3) is 11.3 Å². The van der Waals surface area contributed by atoms with Gasteiger partial charge in [-0.2, -0.15) is 5.10 Å². The Morgan fingerprint density at radius 1 is 1.03 bits per heavy atom. The highest BCUT2D eigenvalue weighted by atomic mass is 19.1. The molecule has 6 nitrogen and oxygen atoms in total. The molecular weight excluding hydrogens is 378 g/mol. The zero-order valence-corrected chi connectivity index (χ0v) is 15.9. The predicted octanol–water partition coefficient (Wildman–Crippen LogP) is 3.33. The molecule has 1 fully saturated rings. The van der Waals surface area contributed by atoms with E-state index in [0.717, 1.165) is 17.1 Å². The molecule has 1 aromatic heterocycles. The molecule has 1 amide bonds. The van der Waals surface area contributed by atoms with Crippen molar-refractivity contribution in [1.82, 2.24) is 15.1 Å². The Hall–Kier alpha value is -3.42. The largest absolute Gasteiger partial charge is 0.494 e. The summed E-state index contributed by atoms with van der Waals surface area (Å²) in [5.41, 5.74) is 1.95. The molecule has 0 saturated carbocycles. The number of hydrogen-bond donors (Lipinski definition) is 1. The normalized spacial score (nSPS) is 14.2. The maximum absolute atomic E-state index is 13.9. The van der Waals surface area contributed by atoms with Crippen molar-refractivity contribution < 1.29 is 18.3 Å². The molecule has 1 aliphatic heterocycles. The Balaban J connectivity index is 1.40. The van der Waals surface area contributed by atoms with Crippen molar-refractivity contribution in [1.29, 1.82) is 0 Å². The van der Waals surface area contributed by atoms with Crippen LogP contribution in [-0.2, 0) is 0 Å². The zero-order chi connectivity index (χ0) is 20.4. The SMILES string of the molecule is COc1ccc(C(=O)N2CCN(c3cc(-c4ccc(F)cc4)[nH]n3)CC2)cc1F. The standard InChI is InChI=1S/C21H20F2N4O2/c1-29-19-7-4-15(12-17(19)23)21(28)27-10-8-26(9-11-27)20-13-18(24-25-20)14-2-5-16(22)6-3-14/h2-7,12-13H,8-11H2,1H3,(H,24,25). The van der Waals surface area contributed by atoms with Gasteiger partial charge in [-0.1, -0.05) is 0 Å². The number of anilines is 1. The molecule has 8 heteroatoms. The van der Waals surface area contributed by atoms with Gasteiger partial charge >= 0.3 is 0 Å². The number of ether oxygens (including phenoxy) is 1. The second-order valence-electron chi connectivity index (χ2n) is 6.78. The Kier molecular flexibility index (Phi) is 5.16. The minimum Gasteiger partial charge on any atom is -0.494 e. The van der Waals surface area contributed by atoms with E-state index in [-0.39, 0.29) is 17.5 Å². The van der Waals surface area contributed by atoms with Gasteiger partial charge in [-0.15, -0.1) is 0 Å². The van der Waals surface area contributed by atoms with Gasteiger partial charge < -0.3 is 14.5 Å². The fourth-order valence-electron chi connectivity index (χ4n) is 3.37. The van der Waals surface area contributed by atoms with Gasteiger partial charge in [0.2, 0.25) is 0 Å². The number of rotatable bonds is 4. The molecule has 0 unspecified atom stereocenters. The second-order valence-corrected chi connectivity index (χ2v) is 6.78. The van der Waals surface area contributed by atoms with Crippen molar-refractivity contribution in [2.45, 2.75) is 0 Å². The fourth-order valence-corrected chi connectivity index (χ4v) is 3.37. The average molecular weight is 398 g/mol. The van der Waals surface area contributed by atoms with Crippen LogP contribution in [0.1, 0.15) is 10.4 Å². The van der Waals surface area contributed by atoms with Crippen molar-refractivity contribution in [3.63, 3.8) is 0 Å². The third kappa shape index (κ3) is 3.91. The van der Waals surface area contributed by atoms with Crippen molar-refractivity contribution in [3.8, 4) is 17.0 Å². The predicted molar refractivity (Wildman–Crippen MR) is 105 cm³/mol. The molecule has 0 aliphatic carbocycles. The molecule has 1 N–H and O–H groups in total. The number of benzene rings is 2. The van der Waals surface area contributed by atoms with E-state index in [1.807, 2.05) is 6.07 Å². The van der Waals surface area contributed by atoms with Crippen LogP contribution in [0.4, 0.5) is 14.6 Å². The summed E-state index contributed by atoms with van der Waals surface area (Å²) in [6, 6.07) is 12.3. The number of H-pyrrole nitrogens is 1. The lowest BCUT2D eigenvalue weighted by Crippen LogP contribution is -2.49. The van der Waals surface area contributed by atoms with Crippen LogP contribution in [0.3, 0.4) is 0 Å². The van der Waals surface area contributed by atoms with Crippen LogP contribution in [0.2, 0.25) is 0 Å². The number of aromatic amines is 1. The second kappa shape index (κ2) is 7.90. The first-order valence-corrected chi connectivity index (χ1v) is 9.24. The first kappa shape index (κ1) is 18.9. The van der Waals surface area contributed by atoms with Crippen LogP contribution in [0, 0.1) is 11.6 Å². The summed E-state index contributed by atoms with van der Waals surface area (Å²) in [5, 5.41) is 7.31. The monoisotopic (exact) mass is 398 g/mol. The zero-order valence-electron chi connectivity index (χ0n) is 15.9. The number of carbonyl (C=O) groups is 1. The molecular formula is C21H20F2N4O2. The molecule has 2 heterocycles. The highest BCUT2D eigenvalue weighted by Crippen LogP contribution is 2.24. The smallest absolute Gasteiger partial charge is 0.254 e. The fraction of sp³-hybridized carbons (Fsp3) is 0.238. The van der Waals surface area contributed by atoms with Crippen LogP contribution < -0.4 is 9.64 Å². The van der Waals surface area contributed by atoms with Crippen LogP contribution in [-0.4, -0.2) is 54.3 Å². The van der Waals surface area contributed by atoms with Gasteiger partial charge in [0.15, 0.2) is 17.4 Å². The number of nitrogens with one attached hydrogen (secondary N) is 1. The van der Waals surface area contributed by atoms with E-state index < -0.39 is 5.82 Å². The van der Waals surface area contributed by atoms with Crippen LogP contribution in [0.15, 0.2) is 48.5 Å². The molecule has 1 saturated heterocycles. The van der Waals surface area contributed by atoms with Gasteiger partial charge in [0.05, 0.1) is 12.8 Å². The molecule has 3 aromatic rings. The Morgan fingerprint density at radius 2 is 1.76 bits per heavy atom. The number of hydrogen-bond acceptors (Lipinski definition) is 4. The lowest BCUT2D eigenvalue weighted by Gasteiger charge is -2.34. The molecule has 0 bridgehead atoms. The Bertz CT molecular complexity index is 1010. The molecule has 0 radical (unpaired) electrons.